The first-order chi connectivity index (χ1) is 11.7. The normalized spacial score (nSPS) is 20.1. The molecule has 0 aliphatic carbocycles. The second kappa shape index (κ2) is 6.88. The first kappa shape index (κ1) is 16.3. The van der Waals surface area contributed by atoms with Crippen LogP contribution in [0.15, 0.2) is 30.5 Å². The van der Waals surface area contributed by atoms with Gasteiger partial charge in [0.2, 0.25) is 0 Å². The van der Waals surface area contributed by atoms with Crippen LogP contribution < -0.4 is 4.90 Å². The number of benzene rings is 1. The molecule has 0 radical (unpaired) electrons. The maximum atomic E-state index is 12.3. The molecule has 1 aliphatic heterocycles. The molecule has 24 heavy (non-hydrogen) atoms. The summed E-state index contributed by atoms with van der Waals surface area (Å²) in [6.07, 6.45) is 2.64. The molecule has 0 saturated carbocycles. The van der Waals surface area contributed by atoms with Crippen LogP contribution in [0, 0.1) is 23.2 Å². The molecule has 2 heterocycles. The molecule has 1 aromatic heterocycles. The monoisotopic (exact) mass is 323 g/mol. The molecule has 2 atom stereocenters. The van der Waals surface area contributed by atoms with E-state index in [4.69, 9.17) is 4.74 Å². The molecule has 0 amide bonds. The molecule has 0 bridgehead atoms. The maximum Gasteiger partial charge on any atom is 0.311 e. The van der Waals surface area contributed by atoms with E-state index in [0.717, 1.165) is 24.0 Å². The average Bonchev–Trinajstić information content (AvgIpc) is 3.05. The van der Waals surface area contributed by atoms with Crippen molar-refractivity contribution >= 4 is 22.6 Å². The van der Waals surface area contributed by atoms with Gasteiger partial charge < -0.3 is 9.64 Å². The fourth-order valence-corrected chi connectivity index (χ4v) is 3.52. The van der Waals surface area contributed by atoms with E-state index in [1.807, 2.05) is 31.2 Å². The van der Waals surface area contributed by atoms with E-state index in [0.29, 0.717) is 24.2 Å². The fourth-order valence-electron chi connectivity index (χ4n) is 3.52. The van der Waals surface area contributed by atoms with Crippen LogP contribution in [0.4, 0.5) is 5.69 Å². The Morgan fingerprint density at radius 3 is 2.92 bits per heavy atom. The van der Waals surface area contributed by atoms with Crippen LogP contribution in [-0.4, -0.2) is 30.6 Å². The predicted octanol–water partition coefficient (Wildman–Crippen LogP) is 3.13. The van der Waals surface area contributed by atoms with Gasteiger partial charge in [0.1, 0.15) is 6.07 Å². The van der Waals surface area contributed by atoms with E-state index < -0.39 is 0 Å². The van der Waals surface area contributed by atoms with E-state index in [9.17, 15) is 10.1 Å². The molecule has 3 rings (SSSR count). The molecule has 124 valence electrons. The summed E-state index contributed by atoms with van der Waals surface area (Å²) in [5.74, 6) is 0.0756. The van der Waals surface area contributed by atoms with Crippen LogP contribution in [0.25, 0.3) is 10.9 Å². The molecule has 1 aromatic carbocycles. The molecule has 1 fully saturated rings. The molecule has 0 N–H and O–H groups in total. The van der Waals surface area contributed by atoms with Gasteiger partial charge in [0.05, 0.1) is 23.6 Å². The number of esters is 1. The van der Waals surface area contributed by atoms with Gasteiger partial charge in [-0.15, -0.1) is 0 Å². The smallest absolute Gasteiger partial charge is 0.311 e. The van der Waals surface area contributed by atoms with Gasteiger partial charge in [-0.25, -0.2) is 0 Å². The number of nitriles is 1. The number of pyridine rings is 1. The quantitative estimate of drug-likeness (QED) is 0.809. The summed E-state index contributed by atoms with van der Waals surface area (Å²) in [6, 6.07) is 9.83. The number of hydrogen-bond donors (Lipinski definition) is 0. The minimum atomic E-state index is -0.108. The van der Waals surface area contributed by atoms with Crippen molar-refractivity contribution in [2.75, 3.05) is 24.6 Å². The van der Waals surface area contributed by atoms with Crippen LogP contribution >= 0.6 is 0 Å². The summed E-state index contributed by atoms with van der Waals surface area (Å²) in [4.78, 5) is 18.8. The largest absolute Gasteiger partial charge is 0.466 e. The van der Waals surface area contributed by atoms with Crippen molar-refractivity contribution in [2.24, 2.45) is 11.8 Å². The first-order valence-electron chi connectivity index (χ1n) is 8.39. The number of hydrogen-bond acceptors (Lipinski definition) is 5. The van der Waals surface area contributed by atoms with E-state index in [2.05, 4.69) is 22.9 Å². The molecule has 5 nitrogen and oxygen atoms in total. The number of nitrogens with zero attached hydrogens (tertiary/aromatic N) is 3. The van der Waals surface area contributed by atoms with Crippen molar-refractivity contribution in [1.29, 1.82) is 5.26 Å². The number of carbonyl (C=O) groups excluding carboxylic acids is 1. The predicted molar refractivity (Wildman–Crippen MR) is 92.6 cm³/mol. The highest BCUT2D eigenvalue weighted by Gasteiger charge is 2.38. The molecule has 5 heteroatoms. The van der Waals surface area contributed by atoms with Gasteiger partial charge in [-0.05, 0) is 37.1 Å². The highest BCUT2D eigenvalue weighted by molar-refractivity contribution is 5.95. The minimum Gasteiger partial charge on any atom is -0.466 e. The van der Waals surface area contributed by atoms with Crippen LogP contribution in [0.2, 0.25) is 0 Å². The van der Waals surface area contributed by atoms with Crippen molar-refractivity contribution in [2.45, 2.75) is 20.3 Å². The van der Waals surface area contributed by atoms with E-state index in [-0.39, 0.29) is 17.8 Å². The summed E-state index contributed by atoms with van der Waals surface area (Å²) in [7, 11) is 0. The minimum absolute atomic E-state index is 0.0997. The Labute approximate surface area is 141 Å². The zero-order valence-corrected chi connectivity index (χ0v) is 14.0. The summed E-state index contributed by atoms with van der Waals surface area (Å²) in [6.45, 7) is 5.82. The van der Waals surface area contributed by atoms with Crippen molar-refractivity contribution in [3.8, 4) is 6.07 Å². The third-order valence-electron chi connectivity index (χ3n) is 4.76. The molecule has 1 aliphatic rings. The zero-order chi connectivity index (χ0) is 17.1. The van der Waals surface area contributed by atoms with Gasteiger partial charge in [-0.2, -0.15) is 5.26 Å². The van der Waals surface area contributed by atoms with Gasteiger partial charge in [-0.3, -0.25) is 9.78 Å². The Morgan fingerprint density at radius 2 is 2.21 bits per heavy atom. The van der Waals surface area contributed by atoms with Crippen LogP contribution in [0.3, 0.4) is 0 Å². The van der Waals surface area contributed by atoms with Crippen LogP contribution in [0.5, 0.6) is 0 Å². The molecule has 2 unspecified atom stereocenters. The van der Waals surface area contributed by atoms with Gasteiger partial charge in [0.15, 0.2) is 0 Å². The van der Waals surface area contributed by atoms with E-state index in [1.54, 1.807) is 6.20 Å². The van der Waals surface area contributed by atoms with Crippen molar-refractivity contribution in [3.63, 3.8) is 0 Å². The third-order valence-corrected chi connectivity index (χ3v) is 4.76. The lowest BCUT2D eigenvalue weighted by molar-refractivity contribution is -0.148. The number of ether oxygens (including phenoxy) is 1. The highest BCUT2D eigenvalue weighted by atomic mass is 16.5. The molecule has 2 aromatic rings. The van der Waals surface area contributed by atoms with Gasteiger partial charge in [0, 0.05) is 30.4 Å². The zero-order valence-electron chi connectivity index (χ0n) is 14.0. The van der Waals surface area contributed by atoms with Crippen molar-refractivity contribution < 1.29 is 9.53 Å². The van der Waals surface area contributed by atoms with Gasteiger partial charge >= 0.3 is 5.97 Å². The third kappa shape index (κ3) is 2.80. The second-order valence-corrected chi connectivity index (χ2v) is 6.08. The Bertz CT molecular complexity index is 797. The van der Waals surface area contributed by atoms with Crippen LogP contribution in [-0.2, 0) is 9.53 Å². The number of carbonyl (C=O) groups is 1. The SMILES string of the molecule is CCOC(=O)C1CN(c2ccc(C#N)c3ncccc23)CC1CC. The van der Waals surface area contributed by atoms with Crippen molar-refractivity contribution in [3.05, 3.63) is 36.0 Å². The maximum absolute atomic E-state index is 12.3. The Balaban J connectivity index is 1.97. The number of rotatable bonds is 4. The van der Waals surface area contributed by atoms with Crippen LogP contribution in [0.1, 0.15) is 25.8 Å². The molecule has 0 spiro atoms. The Morgan fingerprint density at radius 1 is 1.38 bits per heavy atom. The van der Waals surface area contributed by atoms with Gasteiger partial charge in [-0.1, -0.05) is 13.3 Å². The average molecular weight is 323 g/mol. The number of fused-ring (bicyclic) bond motifs is 1. The highest BCUT2D eigenvalue weighted by Crippen LogP contribution is 2.35. The number of anilines is 1. The summed E-state index contributed by atoms with van der Waals surface area (Å²) < 4.78 is 5.25. The summed E-state index contributed by atoms with van der Waals surface area (Å²) in [5, 5.41) is 10.2. The second-order valence-electron chi connectivity index (χ2n) is 6.08. The Hall–Kier alpha value is -2.61. The van der Waals surface area contributed by atoms with Crippen molar-refractivity contribution in [1.82, 2.24) is 4.98 Å². The number of aromatic nitrogens is 1. The summed E-state index contributed by atoms with van der Waals surface area (Å²) >= 11 is 0. The fraction of sp³-hybridized carbons (Fsp3) is 0.421. The lowest BCUT2D eigenvalue weighted by Crippen LogP contribution is -2.25. The standard InChI is InChI=1S/C19H21N3O2/c1-3-13-11-22(12-16(13)19(23)24-4-2)17-8-7-14(10-20)18-15(17)6-5-9-21-18/h5-9,13,16H,3-4,11-12H2,1-2H3. The van der Waals surface area contributed by atoms with E-state index >= 15 is 0 Å². The molecular weight excluding hydrogens is 302 g/mol. The molecule has 1 saturated heterocycles. The lowest BCUT2D eigenvalue weighted by Gasteiger charge is -2.20. The topological polar surface area (TPSA) is 66.2 Å². The first-order valence-corrected chi connectivity index (χ1v) is 8.39. The lowest BCUT2D eigenvalue weighted by atomic mass is 9.94. The van der Waals surface area contributed by atoms with E-state index in [1.165, 1.54) is 0 Å². The van der Waals surface area contributed by atoms with Gasteiger partial charge in [0.25, 0.3) is 0 Å². The summed E-state index contributed by atoms with van der Waals surface area (Å²) in [5.41, 5.74) is 2.31. The Kier molecular flexibility index (Phi) is 4.66. The molecular formula is C19H21N3O2.